The largest absolute Gasteiger partial charge is 0.508 e. The number of benzene rings is 1. The topological polar surface area (TPSA) is 58.9 Å². The van der Waals surface area contributed by atoms with Crippen molar-refractivity contribution in [3.05, 3.63) is 29.8 Å². The maximum atomic E-state index is 9.60. The van der Waals surface area contributed by atoms with Crippen LogP contribution in [0.1, 0.15) is 57.8 Å². The molecule has 0 saturated carbocycles. The van der Waals surface area contributed by atoms with Crippen molar-refractivity contribution in [2.45, 2.75) is 70.6 Å². The first-order valence-electron chi connectivity index (χ1n) is 7.86. The normalized spacial score (nSPS) is 27.5. The number of ether oxygens (including phenoxy) is 2. The van der Waals surface area contributed by atoms with Crippen molar-refractivity contribution >= 4 is 0 Å². The zero-order chi connectivity index (χ0) is 15.2. The smallest absolute Gasteiger partial charge is 0.184 e. The van der Waals surface area contributed by atoms with Gasteiger partial charge in [0, 0.05) is 12.0 Å². The van der Waals surface area contributed by atoms with Crippen molar-refractivity contribution in [1.82, 2.24) is 0 Å². The van der Waals surface area contributed by atoms with Gasteiger partial charge in [-0.2, -0.15) is 0 Å². The molecule has 0 aliphatic carbocycles. The standard InChI is InChI=1S/C17H26O4/c1-3-15-11-16(9-4-6-12(2)18)21-17(20-15)13-7-5-8-14(19)10-13/h5,7-8,10,12,15-19H,3-4,6,9,11H2,1-2H3/t12-,15?,16?,17?/m0/s1. The molecule has 2 N–H and O–H groups in total. The molecular formula is C17H26O4. The van der Waals surface area contributed by atoms with Gasteiger partial charge in [-0.15, -0.1) is 0 Å². The van der Waals surface area contributed by atoms with Crippen LogP contribution < -0.4 is 0 Å². The van der Waals surface area contributed by atoms with E-state index in [4.69, 9.17) is 9.47 Å². The van der Waals surface area contributed by atoms with Crippen molar-refractivity contribution in [3.63, 3.8) is 0 Å². The Hall–Kier alpha value is -1.10. The molecule has 0 aromatic heterocycles. The fourth-order valence-corrected chi connectivity index (χ4v) is 2.70. The molecule has 1 aliphatic heterocycles. The molecule has 1 aliphatic rings. The van der Waals surface area contributed by atoms with Crippen LogP contribution in [0.4, 0.5) is 0 Å². The zero-order valence-electron chi connectivity index (χ0n) is 12.9. The number of phenols is 1. The van der Waals surface area contributed by atoms with E-state index in [9.17, 15) is 10.2 Å². The molecule has 21 heavy (non-hydrogen) atoms. The maximum absolute atomic E-state index is 9.60. The molecular weight excluding hydrogens is 268 g/mol. The molecule has 1 aromatic carbocycles. The van der Waals surface area contributed by atoms with E-state index in [1.165, 1.54) is 0 Å². The molecule has 4 heteroatoms. The molecule has 4 atom stereocenters. The fourth-order valence-electron chi connectivity index (χ4n) is 2.70. The maximum Gasteiger partial charge on any atom is 0.184 e. The Balaban J connectivity index is 1.98. The lowest BCUT2D eigenvalue weighted by atomic mass is 10.0. The highest BCUT2D eigenvalue weighted by molar-refractivity contribution is 5.28. The van der Waals surface area contributed by atoms with Crippen molar-refractivity contribution in [3.8, 4) is 5.75 Å². The molecule has 3 unspecified atom stereocenters. The van der Waals surface area contributed by atoms with Crippen LogP contribution in [0.15, 0.2) is 24.3 Å². The summed E-state index contributed by atoms with van der Waals surface area (Å²) in [5, 5.41) is 18.9. The van der Waals surface area contributed by atoms with Gasteiger partial charge in [0.1, 0.15) is 5.75 Å². The van der Waals surface area contributed by atoms with Crippen LogP contribution in [-0.4, -0.2) is 28.5 Å². The lowest BCUT2D eigenvalue weighted by molar-refractivity contribution is -0.249. The third kappa shape index (κ3) is 4.99. The Morgan fingerprint density at radius 1 is 1.29 bits per heavy atom. The Bertz CT molecular complexity index is 433. The zero-order valence-corrected chi connectivity index (χ0v) is 12.9. The molecule has 118 valence electrons. The van der Waals surface area contributed by atoms with Crippen molar-refractivity contribution in [2.75, 3.05) is 0 Å². The highest BCUT2D eigenvalue weighted by Gasteiger charge is 2.30. The third-order valence-corrected chi connectivity index (χ3v) is 3.90. The quantitative estimate of drug-likeness (QED) is 0.842. The molecule has 0 radical (unpaired) electrons. The van der Waals surface area contributed by atoms with Crippen molar-refractivity contribution in [2.24, 2.45) is 0 Å². The lowest BCUT2D eigenvalue weighted by Crippen LogP contribution is -2.33. The van der Waals surface area contributed by atoms with Crippen molar-refractivity contribution < 1.29 is 19.7 Å². The SMILES string of the molecule is CCC1CC(CCC[C@H](C)O)OC(c2cccc(O)c2)O1. The number of rotatable bonds is 6. The summed E-state index contributed by atoms with van der Waals surface area (Å²) in [4.78, 5) is 0. The van der Waals surface area contributed by atoms with Crippen LogP contribution in [0, 0.1) is 0 Å². The predicted octanol–water partition coefficient (Wildman–Crippen LogP) is 3.53. The second-order valence-electron chi connectivity index (χ2n) is 5.87. The van der Waals surface area contributed by atoms with Crippen LogP contribution >= 0.6 is 0 Å². The molecule has 0 amide bonds. The second kappa shape index (κ2) is 7.78. The van der Waals surface area contributed by atoms with Gasteiger partial charge in [0.15, 0.2) is 6.29 Å². The minimum atomic E-state index is -0.410. The van der Waals surface area contributed by atoms with Gasteiger partial charge >= 0.3 is 0 Å². The molecule has 0 bridgehead atoms. The summed E-state index contributed by atoms with van der Waals surface area (Å²) in [5.41, 5.74) is 0.855. The predicted molar refractivity (Wildman–Crippen MR) is 81.0 cm³/mol. The summed E-state index contributed by atoms with van der Waals surface area (Å²) in [6.07, 6.45) is 4.19. The minimum Gasteiger partial charge on any atom is -0.508 e. The molecule has 4 nitrogen and oxygen atoms in total. The summed E-state index contributed by atoms with van der Waals surface area (Å²) in [6.45, 7) is 3.93. The van der Waals surface area contributed by atoms with Crippen LogP contribution in [-0.2, 0) is 9.47 Å². The van der Waals surface area contributed by atoms with Gasteiger partial charge in [-0.3, -0.25) is 0 Å². The van der Waals surface area contributed by atoms with E-state index in [1.807, 2.05) is 13.0 Å². The van der Waals surface area contributed by atoms with Gasteiger partial charge in [-0.05, 0) is 44.7 Å². The Labute approximate surface area is 126 Å². The van der Waals surface area contributed by atoms with Gasteiger partial charge in [-0.25, -0.2) is 0 Å². The number of hydrogen-bond donors (Lipinski definition) is 2. The third-order valence-electron chi connectivity index (χ3n) is 3.90. The highest BCUT2D eigenvalue weighted by atomic mass is 16.7. The van der Waals surface area contributed by atoms with Gasteiger partial charge in [-0.1, -0.05) is 19.1 Å². The number of aliphatic hydroxyl groups is 1. The summed E-state index contributed by atoms with van der Waals surface area (Å²) in [5.74, 6) is 0.226. The van der Waals surface area contributed by atoms with E-state index in [-0.39, 0.29) is 24.1 Å². The highest BCUT2D eigenvalue weighted by Crippen LogP contribution is 2.33. The number of hydrogen-bond acceptors (Lipinski definition) is 4. The van der Waals surface area contributed by atoms with Crippen LogP contribution in [0.25, 0.3) is 0 Å². The first kappa shape index (κ1) is 16.3. The first-order chi connectivity index (χ1) is 10.1. The Morgan fingerprint density at radius 2 is 2.05 bits per heavy atom. The molecule has 1 aromatic rings. The lowest BCUT2D eigenvalue weighted by Gasteiger charge is -2.36. The first-order valence-corrected chi connectivity index (χ1v) is 7.86. The Kier molecular flexibility index (Phi) is 6.03. The van der Waals surface area contributed by atoms with Crippen LogP contribution in [0.3, 0.4) is 0 Å². The summed E-state index contributed by atoms with van der Waals surface area (Å²) in [7, 11) is 0. The van der Waals surface area contributed by atoms with Crippen molar-refractivity contribution in [1.29, 1.82) is 0 Å². The second-order valence-corrected chi connectivity index (χ2v) is 5.87. The summed E-state index contributed by atoms with van der Waals surface area (Å²) >= 11 is 0. The van der Waals surface area contributed by atoms with E-state index < -0.39 is 6.29 Å². The van der Waals surface area contributed by atoms with E-state index in [0.717, 1.165) is 37.7 Å². The van der Waals surface area contributed by atoms with Gasteiger partial charge in [0.25, 0.3) is 0 Å². The van der Waals surface area contributed by atoms with E-state index in [0.29, 0.717) is 0 Å². The Morgan fingerprint density at radius 3 is 2.71 bits per heavy atom. The minimum absolute atomic E-state index is 0.148. The average Bonchev–Trinajstić information content (AvgIpc) is 2.46. The molecule has 1 heterocycles. The van der Waals surface area contributed by atoms with E-state index >= 15 is 0 Å². The molecule has 1 fully saturated rings. The average molecular weight is 294 g/mol. The van der Waals surface area contributed by atoms with Gasteiger partial charge in [0.05, 0.1) is 18.3 Å². The van der Waals surface area contributed by atoms with Gasteiger partial charge in [0.2, 0.25) is 0 Å². The van der Waals surface area contributed by atoms with Crippen LogP contribution in [0.5, 0.6) is 5.75 Å². The van der Waals surface area contributed by atoms with E-state index in [1.54, 1.807) is 18.2 Å². The number of phenolic OH excluding ortho intramolecular Hbond substituents is 1. The fraction of sp³-hybridized carbons (Fsp3) is 0.647. The summed E-state index contributed by atoms with van der Waals surface area (Å²) < 4.78 is 12.0. The molecule has 0 spiro atoms. The monoisotopic (exact) mass is 294 g/mol. The number of aliphatic hydroxyl groups excluding tert-OH is 1. The van der Waals surface area contributed by atoms with Crippen LogP contribution in [0.2, 0.25) is 0 Å². The molecule has 1 saturated heterocycles. The van der Waals surface area contributed by atoms with E-state index in [2.05, 4.69) is 6.92 Å². The van der Waals surface area contributed by atoms with Gasteiger partial charge < -0.3 is 19.7 Å². The molecule has 2 rings (SSSR count). The summed E-state index contributed by atoms with van der Waals surface area (Å²) in [6, 6.07) is 7.05. The number of aromatic hydroxyl groups is 1.